The van der Waals surface area contributed by atoms with Gasteiger partial charge in [-0.1, -0.05) is 26.0 Å². The first kappa shape index (κ1) is 18.7. The lowest BCUT2D eigenvalue weighted by molar-refractivity contribution is 0.271. The number of rotatable bonds is 8. The minimum Gasteiger partial charge on any atom is -0.493 e. The van der Waals surface area contributed by atoms with Crippen molar-refractivity contribution in [1.29, 1.82) is 0 Å². The molecule has 2 rings (SSSR count). The average Bonchev–Trinajstić information content (AvgIpc) is 2.57. The van der Waals surface area contributed by atoms with Crippen LogP contribution in [0.15, 0.2) is 34.2 Å². The van der Waals surface area contributed by atoms with Crippen LogP contribution in [-0.2, 0) is 6.42 Å². The summed E-state index contributed by atoms with van der Waals surface area (Å²) in [5, 5.41) is 13.1. The van der Waals surface area contributed by atoms with Crippen LogP contribution in [0.25, 0.3) is 0 Å². The van der Waals surface area contributed by atoms with Crippen molar-refractivity contribution in [2.45, 2.75) is 27.2 Å². The highest BCUT2D eigenvalue weighted by Gasteiger charge is 2.07. The fraction of sp³-hybridized carbons (Fsp3) is 0.389. The predicted octanol–water partition coefficient (Wildman–Crippen LogP) is 2.09. The maximum absolute atomic E-state index is 11.9. The van der Waals surface area contributed by atoms with Gasteiger partial charge in [0.1, 0.15) is 5.75 Å². The van der Waals surface area contributed by atoms with Crippen LogP contribution in [0.2, 0.25) is 0 Å². The normalized spacial score (nSPS) is 11.2. The molecule has 0 saturated carbocycles. The van der Waals surface area contributed by atoms with E-state index < -0.39 is 0 Å². The van der Waals surface area contributed by atoms with Crippen molar-refractivity contribution in [3.63, 3.8) is 0 Å². The monoisotopic (exact) mass is 344 g/mol. The SMILES string of the molecule is Cc1nc(N/N=C\c2cccc(OCC(C)C)c2)[nH]c(=O)c1CCO. The Labute approximate surface area is 146 Å². The molecule has 0 aliphatic heterocycles. The fourth-order valence-corrected chi connectivity index (χ4v) is 2.19. The summed E-state index contributed by atoms with van der Waals surface area (Å²) in [6, 6.07) is 7.58. The second-order valence-electron chi connectivity index (χ2n) is 6.10. The largest absolute Gasteiger partial charge is 0.493 e. The smallest absolute Gasteiger partial charge is 0.255 e. The van der Waals surface area contributed by atoms with E-state index in [1.165, 1.54) is 0 Å². The van der Waals surface area contributed by atoms with Crippen LogP contribution in [0.4, 0.5) is 5.95 Å². The number of H-pyrrole nitrogens is 1. The van der Waals surface area contributed by atoms with E-state index in [1.54, 1.807) is 13.1 Å². The maximum Gasteiger partial charge on any atom is 0.255 e. The molecule has 0 spiro atoms. The molecule has 0 unspecified atom stereocenters. The lowest BCUT2D eigenvalue weighted by atomic mass is 10.2. The second kappa shape index (κ2) is 8.98. The summed E-state index contributed by atoms with van der Waals surface area (Å²) < 4.78 is 5.68. The minimum atomic E-state index is -0.275. The molecule has 1 aromatic carbocycles. The lowest BCUT2D eigenvalue weighted by Gasteiger charge is -2.08. The summed E-state index contributed by atoms with van der Waals surface area (Å²) in [5.41, 5.74) is 4.35. The Hall–Kier alpha value is -2.67. The molecule has 0 atom stereocenters. The van der Waals surface area contributed by atoms with Crippen molar-refractivity contribution in [2.24, 2.45) is 11.0 Å². The molecule has 25 heavy (non-hydrogen) atoms. The molecule has 0 radical (unpaired) electrons. The number of aromatic amines is 1. The van der Waals surface area contributed by atoms with Crippen molar-refractivity contribution >= 4 is 12.2 Å². The third-order valence-corrected chi connectivity index (χ3v) is 3.41. The minimum absolute atomic E-state index is 0.0915. The van der Waals surface area contributed by atoms with Gasteiger partial charge in [0, 0.05) is 18.6 Å². The van der Waals surface area contributed by atoms with Gasteiger partial charge in [-0.05, 0) is 30.5 Å². The van der Waals surface area contributed by atoms with Crippen molar-refractivity contribution in [1.82, 2.24) is 9.97 Å². The van der Waals surface area contributed by atoms with Gasteiger partial charge >= 0.3 is 0 Å². The summed E-state index contributed by atoms with van der Waals surface area (Å²) in [7, 11) is 0. The number of benzene rings is 1. The fourth-order valence-electron chi connectivity index (χ4n) is 2.19. The zero-order valence-electron chi connectivity index (χ0n) is 14.7. The number of anilines is 1. The maximum atomic E-state index is 11.9. The third kappa shape index (κ3) is 5.72. The van der Waals surface area contributed by atoms with Crippen molar-refractivity contribution in [3.8, 4) is 5.75 Å². The van der Waals surface area contributed by atoms with E-state index in [2.05, 4.69) is 34.3 Å². The van der Waals surface area contributed by atoms with Gasteiger partial charge in [0.15, 0.2) is 0 Å². The van der Waals surface area contributed by atoms with E-state index in [-0.39, 0.29) is 24.5 Å². The van der Waals surface area contributed by atoms with Crippen LogP contribution in [-0.4, -0.2) is 34.5 Å². The first-order valence-electron chi connectivity index (χ1n) is 8.22. The molecule has 0 fully saturated rings. The molecule has 0 saturated heterocycles. The molecule has 7 nitrogen and oxygen atoms in total. The molecule has 2 aromatic rings. The van der Waals surface area contributed by atoms with Crippen LogP contribution < -0.4 is 15.7 Å². The van der Waals surface area contributed by atoms with Gasteiger partial charge < -0.3 is 9.84 Å². The molecule has 3 N–H and O–H groups in total. The molecule has 134 valence electrons. The van der Waals surface area contributed by atoms with Gasteiger partial charge in [-0.15, -0.1) is 0 Å². The summed E-state index contributed by atoms with van der Waals surface area (Å²) in [6.07, 6.45) is 1.90. The Balaban J connectivity index is 2.03. The summed E-state index contributed by atoms with van der Waals surface area (Å²) in [5.74, 6) is 1.50. The zero-order valence-corrected chi connectivity index (χ0v) is 14.7. The van der Waals surface area contributed by atoms with E-state index in [4.69, 9.17) is 9.84 Å². The first-order chi connectivity index (χ1) is 12.0. The van der Waals surface area contributed by atoms with Crippen LogP contribution >= 0.6 is 0 Å². The van der Waals surface area contributed by atoms with Crippen molar-refractivity contribution in [2.75, 3.05) is 18.6 Å². The number of hydrogen-bond acceptors (Lipinski definition) is 6. The topological polar surface area (TPSA) is 99.6 Å². The zero-order chi connectivity index (χ0) is 18.2. The molecule has 1 aromatic heterocycles. The highest BCUT2D eigenvalue weighted by Crippen LogP contribution is 2.13. The molecule has 0 aliphatic carbocycles. The van der Waals surface area contributed by atoms with Gasteiger partial charge in [-0.2, -0.15) is 5.10 Å². The van der Waals surface area contributed by atoms with E-state index in [0.717, 1.165) is 11.3 Å². The number of hydrazone groups is 1. The second-order valence-corrected chi connectivity index (χ2v) is 6.10. The molecule has 1 heterocycles. The number of nitrogens with one attached hydrogen (secondary N) is 2. The molecular weight excluding hydrogens is 320 g/mol. The van der Waals surface area contributed by atoms with Gasteiger partial charge in [-0.25, -0.2) is 10.4 Å². The quantitative estimate of drug-likeness (QED) is 0.503. The Morgan fingerprint density at radius 2 is 2.24 bits per heavy atom. The third-order valence-electron chi connectivity index (χ3n) is 3.41. The molecule has 0 aliphatic rings. The van der Waals surface area contributed by atoms with E-state index in [1.807, 2.05) is 24.3 Å². The number of aromatic nitrogens is 2. The molecule has 7 heteroatoms. The average molecular weight is 344 g/mol. The summed E-state index contributed by atoms with van der Waals surface area (Å²) in [6.45, 7) is 6.48. The van der Waals surface area contributed by atoms with Gasteiger partial charge in [0.2, 0.25) is 5.95 Å². The van der Waals surface area contributed by atoms with Crippen molar-refractivity contribution < 1.29 is 9.84 Å². The molecule has 0 amide bonds. The number of hydrogen-bond donors (Lipinski definition) is 3. The number of aryl methyl sites for hydroxylation is 1. The standard InChI is InChI=1S/C18H24N4O3/c1-12(2)11-25-15-6-4-5-14(9-15)10-19-22-18-20-13(3)16(7-8-23)17(24)21-18/h4-6,9-10,12,23H,7-8,11H2,1-3H3,(H2,20,21,22,24)/b19-10-. The van der Waals surface area contributed by atoms with Gasteiger partial charge in [-0.3, -0.25) is 9.78 Å². The van der Waals surface area contributed by atoms with Gasteiger partial charge in [0.05, 0.1) is 18.5 Å². The Bertz CT molecular complexity index is 784. The number of ether oxygens (including phenoxy) is 1. The van der Waals surface area contributed by atoms with Crippen LogP contribution in [0.3, 0.4) is 0 Å². The predicted molar refractivity (Wildman–Crippen MR) is 98.4 cm³/mol. The number of nitrogens with zero attached hydrogens (tertiary/aromatic N) is 2. The first-order valence-corrected chi connectivity index (χ1v) is 8.22. The van der Waals surface area contributed by atoms with E-state index in [9.17, 15) is 4.79 Å². The van der Waals surface area contributed by atoms with E-state index in [0.29, 0.717) is 23.8 Å². The van der Waals surface area contributed by atoms with Crippen molar-refractivity contribution in [3.05, 3.63) is 51.4 Å². The van der Waals surface area contributed by atoms with Crippen LogP contribution in [0.5, 0.6) is 5.75 Å². The number of aliphatic hydroxyl groups is 1. The lowest BCUT2D eigenvalue weighted by Crippen LogP contribution is -2.19. The Morgan fingerprint density at radius 1 is 1.44 bits per heavy atom. The summed E-state index contributed by atoms with van der Waals surface area (Å²) in [4.78, 5) is 18.8. The van der Waals surface area contributed by atoms with Gasteiger partial charge in [0.25, 0.3) is 5.56 Å². The molecule has 0 bridgehead atoms. The summed E-state index contributed by atoms with van der Waals surface area (Å²) >= 11 is 0. The Kier molecular flexibility index (Phi) is 6.71. The van der Waals surface area contributed by atoms with E-state index >= 15 is 0 Å². The Morgan fingerprint density at radius 3 is 2.92 bits per heavy atom. The highest BCUT2D eigenvalue weighted by atomic mass is 16.5. The molecular formula is C18H24N4O3. The highest BCUT2D eigenvalue weighted by molar-refractivity contribution is 5.80. The van der Waals surface area contributed by atoms with Crippen LogP contribution in [0, 0.1) is 12.8 Å². The van der Waals surface area contributed by atoms with Crippen LogP contribution in [0.1, 0.15) is 30.7 Å². The number of aliphatic hydroxyl groups excluding tert-OH is 1.